The smallest absolute Gasteiger partial charge is 0.257 e. The number of carbonyl (C=O) groups is 1. The Labute approximate surface area is 154 Å². The van der Waals surface area contributed by atoms with E-state index in [0.29, 0.717) is 21.5 Å². The zero-order valence-electron chi connectivity index (χ0n) is 13.6. The van der Waals surface area contributed by atoms with E-state index < -0.39 is 0 Å². The molecule has 0 saturated carbocycles. The molecule has 3 rings (SSSR count). The fourth-order valence-corrected chi connectivity index (χ4v) is 3.17. The average Bonchev–Trinajstić information content (AvgIpc) is 3.10. The summed E-state index contributed by atoms with van der Waals surface area (Å²) in [4.78, 5) is 16.8. The Morgan fingerprint density at radius 3 is 2.52 bits per heavy atom. The molecule has 0 saturated heterocycles. The van der Waals surface area contributed by atoms with Crippen LogP contribution in [0.25, 0.3) is 11.3 Å². The highest BCUT2D eigenvalue weighted by Gasteiger charge is 2.12. The van der Waals surface area contributed by atoms with Gasteiger partial charge in [0.2, 0.25) is 0 Å². The third-order valence-electron chi connectivity index (χ3n) is 3.52. The zero-order valence-corrected chi connectivity index (χ0v) is 15.1. The van der Waals surface area contributed by atoms with E-state index in [1.807, 2.05) is 29.6 Å². The molecule has 2 aromatic carbocycles. The summed E-state index contributed by atoms with van der Waals surface area (Å²) in [5.74, 6) is 1.03. The number of anilines is 1. The van der Waals surface area contributed by atoms with E-state index in [-0.39, 0.29) is 5.91 Å². The van der Waals surface area contributed by atoms with Crippen molar-refractivity contribution in [2.75, 3.05) is 19.5 Å². The molecule has 0 aliphatic heterocycles. The molecular weight excluding hydrogens is 360 g/mol. The molecule has 25 heavy (non-hydrogen) atoms. The number of nitrogens with zero attached hydrogens (tertiary/aromatic N) is 1. The summed E-state index contributed by atoms with van der Waals surface area (Å²) >= 11 is 7.41. The highest BCUT2D eigenvalue weighted by Crippen LogP contribution is 2.28. The van der Waals surface area contributed by atoms with Gasteiger partial charge in [0.15, 0.2) is 5.13 Å². The van der Waals surface area contributed by atoms with Crippen molar-refractivity contribution < 1.29 is 14.3 Å². The van der Waals surface area contributed by atoms with E-state index in [0.717, 1.165) is 17.0 Å². The Bertz CT molecular complexity index is 894. The van der Waals surface area contributed by atoms with Gasteiger partial charge in [-0.05, 0) is 42.5 Å². The first kappa shape index (κ1) is 17.3. The molecule has 0 fully saturated rings. The van der Waals surface area contributed by atoms with E-state index in [1.54, 1.807) is 25.3 Å². The van der Waals surface area contributed by atoms with Crippen LogP contribution in [0, 0.1) is 0 Å². The molecule has 3 aromatic rings. The molecular formula is C18H15ClN2O3S. The normalized spacial score (nSPS) is 10.4. The number of amides is 1. The van der Waals surface area contributed by atoms with Gasteiger partial charge in [-0.1, -0.05) is 11.6 Å². The van der Waals surface area contributed by atoms with E-state index in [2.05, 4.69) is 10.3 Å². The maximum Gasteiger partial charge on any atom is 0.257 e. The highest BCUT2D eigenvalue weighted by atomic mass is 35.5. The van der Waals surface area contributed by atoms with Crippen LogP contribution in [-0.4, -0.2) is 25.1 Å². The maximum atomic E-state index is 12.3. The number of thiazole rings is 1. The highest BCUT2D eigenvalue weighted by molar-refractivity contribution is 7.14. The maximum absolute atomic E-state index is 12.3. The monoisotopic (exact) mass is 374 g/mol. The van der Waals surface area contributed by atoms with Crippen LogP contribution in [0.4, 0.5) is 5.13 Å². The molecule has 0 atom stereocenters. The lowest BCUT2D eigenvalue weighted by atomic mass is 10.2. The molecule has 128 valence electrons. The van der Waals surface area contributed by atoms with Crippen LogP contribution in [0.1, 0.15) is 10.4 Å². The quantitative estimate of drug-likeness (QED) is 0.701. The van der Waals surface area contributed by atoms with E-state index in [4.69, 9.17) is 21.1 Å². The third-order valence-corrected chi connectivity index (χ3v) is 4.58. The number of benzene rings is 2. The van der Waals surface area contributed by atoms with Gasteiger partial charge in [-0.2, -0.15) is 0 Å². The Kier molecular flexibility index (Phi) is 5.21. The van der Waals surface area contributed by atoms with Crippen molar-refractivity contribution in [1.29, 1.82) is 0 Å². The van der Waals surface area contributed by atoms with Crippen LogP contribution in [0.5, 0.6) is 11.5 Å². The minimum absolute atomic E-state index is 0.278. The van der Waals surface area contributed by atoms with Gasteiger partial charge in [0.05, 0.1) is 24.9 Å². The molecule has 1 heterocycles. The minimum Gasteiger partial charge on any atom is -0.497 e. The fourth-order valence-electron chi connectivity index (χ4n) is 2.20. The van der Waals surface area contributed by atoms with Gasteiger partial charge in [0.25, 0.3) is 5.91 Å². The van der Waals surface area contributed by atoms with Crippen molar-refractivity contribution >= 4 is 34.0 Å². The van der Waals surface area contributed by atoms with Gasteiger partial charge in [0.1, 0.15) is 11.5 Å². The summed E-state index contributed by atoms with van der Waals surface area (Å²) in [6.45, 7) is 0. The molecule has 0 aliphatic carbocycles. The van der Waals surface area contributed by atoms with Crippen LogP contribution in [-0.2, 0) is 0 Å². The summed E-state index contributed by atoms with van der Waals surface area (Å²) < 4.78 is 10.2. The fraction of sp³-hybridized carbons (Fsp3) is 0.111. The SMILES string of the molecule is COc1ccc(-c2csc(NC(=O)c3ccc(OC)c(Cl)c3)n2)cc1. The zero-order chi connectivity index (χ0) is 17.8. The lowest BCUT2D eigenvalue weighted by Gasteiger charge is -2.05. The van der Waals surface area contributed by atoms with Gasteiger partial charge >= 0.3 is 0 Å². The van der Waals surface area contributed by atoms with Gasteiger partial charge in [-0.25, -0.2) is 4.98 Å². The standard InChI is InChI=1S/C18H15ClN2O3S/c1-23-13-6-3-11(4-7-13)15-10-25-18(20-15)21-17(22)12-5-8-16(24-2)14(19)9-12/h3-10H,1-2H3,(H,20,21,22). The van der Waals surface area contributed by atoms with Crippen molar-refractivity contribution in [2.45, 2.75) is 0 Å². The molecule has 0 radical (unpaired) electrons. The first-order chi connectivity index (χ1) is 12.1. The number of hydrogen-bond acceptors (Lipinski definition) is 5. The van der Waals surface area contributed by atoms with Crippen LogP contribution >= 0.6 is 22.9 Å². The van der Waals surface area contributed by atoms with E-state index >= 15 is 0 Å². The third kappa shape index (κ3) is 3.92. The van der Waals surface area contributed by atoms with Gasteiger partial charge < -0.3 is 9.47 Å². The Balaban J connectivity index is 1.74. The number of hydrogen-bond donors (Lipinski definition) is 1. The van der Waals surface area contributed by atoms with Gasteiger partial charge in [-0.15, -0.1) is 11.3 Å². The second-order valence-corrected chi connectivity index (χ2v) is 6.34. The van der Waals surface area contributed by atoms with Crippen LogP contribution in [0.2, 0.25) is 5.02 Å². The molecule has 7 heteroatoms. The summed E-state index contributed by atoms with van der Waals surface area (Å²) in [5, 5.41) is 5.57. The molecule has 0 spiro atoms. The summed E-state index contributed by atoms with van der Waals surface area (Å²) in [6, 6.07) is 12.4. The van der Waals surface area contributed by atoms with E-state index in [1.165, 1.54) is 18.4 Å². The van der Waals surface area contributed by atoms with E-state index in [9.17, 15) is 4.79 Å². The lowest BCUT2D eigenvalue weighted by molar-refractivity contribution is 0.102. The van der Waals surface area contributed by atoms with Crippen molar-refractivity contribution in [1.82, 2.24) is 4.98 Å². The second-order valence-electron chi connectivity index (χ2n) is 5.07. The number of methoxy groups -OCH3 is 2. The van der Waals surface area contributed by atoms with Crippen molar-refractivity contribution in [2.24, 2.45) is 0 Å². The summed E-state index contributed by atoms with van der Waals surface area (Å²) in [5.41, 5.74) is 2.17. The molecule has 0 bridgehead atoms. The molecule has 1 N–H and O–H groups in total. The molecule has 5 nitrogen and oxygen atoms in total. The van der Waals surface area contributed by atoms with Crippen LogP contribution < -0.4 is 14.8 Å². The predicted octanol–water partition coefficient (Wildman–Crippen LogP) is 4.73. The summed E-state index contributed by atoms with van der Waals surface area (Å²) in [6.07, 6.45) is 0. The number of rotatable bonds is 5. The number of halogens is 1. The molecule has 0 unspecified atom stereocenters. The van der Waals surface area contributed by atoms with Crippen LogP contribution in [0.3, 0.4) is 0 Å². The Morgan fingerprint density at radius 2 is 1.88 bits per heavy atom. The summed E-state index contributed by atoms with van der Waals surface area (Å²) in [7, 11) is 3.15. The Morgan fingerprint density at radius 1 is 1.12 bits per heavy atom. The Hall–Kier alpha value is -2.57. The molecule has 0 aliphatic rings. The number of carbonyl (C=O) groups excluding carboxylic acids is 1. The topological polar surface area (TPSA) is 60.5 Å². The number of aromatic nitrogens is 1. The first-order valence-electron chi connectivity index (χ1n) is 7.35. The van der Waals surface area contributed by atoms with Crippen molar-refractivity contribution in [3.05, 3.63) is 58.4 Å². The predicted molar refractivity (Wildman–Crippen MR) is 100 cm³/mol. The molecule has 1 amide bonds. The van der Waals surface area contributed by atoms with Crippen molar-refractivity contribution in [3.8, 4) is 22.8 Å². The average molecular weight is 375 g/mol. The first-order valence-corrected chi connectivity index (χ1v) is 8.61. The van der Waals surface area contributed by atoms with Gasteiger partial charge in [0, 0.05) is 16.5 Å². The van der Waals surface area contributed by atoms with Crippen LogP contribution in [0.15, 0.2) is 47.8 Å². The number of ether oxygens (including phenoxy) is 2. The largest absolute Gasteiger partial charge is 0.497 e. The second kappa shape index (κ2) is 7.55. The molecule has 1 aromatic heterocycles. The lowest BCUT2D eigenvalue weighted by Crippen LogP contribution is -2.11. The minimum atomic E-state index is -0.278. The van der Waals surface area contributed by atoms with Gasteiger partial charge in [-0.3, -0.25) is 10.1 Å². The number of nitrogens with one attached hydrogen (secondary N) is 1. The van der Waals surface area contributed by atoms with Crippen molar-refractivity contribution in [3.63, 3.8) is 0 Å².